The van der Waals surface area contributed by atoms with Gasteiger partial charge in [0.25, 0.3) is 0 Å². The van der Waals surface area contributed by atoms with Gasteiger partial charge < -0.3 is 9.63 Å². The number of carboxylic acid groups (broad SMARTS) is 1. The predicted molar refractivity (Wildman–Crippen MR) is 53.6 cm³/mol. The van der Waals surface area contributed by atoms with Gasteiger partial charge in [0.15, 0.2) is 5.76 Å². The molecule has 6 heteroatoms. The summed E-state index contributed by atoms with van der Waals surface area (Å²) in [6.07, 6.45) is 0.899. The maximum Gasteiger partial charge on any atom is 0.341 e. The first kappa shape index (κ1) is 11.3. The van der Waals surface area contributed by atoms with E-state index in [1.54, 1.807) is 0 Å². The molecule has 1 aromatic heterocycles. The standard InChI is InChI=1S/C11H7F2NO3/c1-5-2-7(12)9(8(13)3-5)10-6(11(15)16)4-14-17-10/h2-4H,1H3,(H,15,16). The Morgan fingerprint density at radius 1 is 1.35 bits per heavy atom. The third-order valence-electron chi connectivity index (χ3n) is 2.21. The number of hydrogen-bond acceptors (Lipinski definition) is 3. The van der Waals surface area contributed by atoms with Crippen LogP contribution in [0.15, 0.2) is 22.9 Å². The fraction of sp³-hybridized carbons (Fsp3) is 0.0909. The van der Waals surface area contributed by atoms with Crippen LogP contribution in [0.4, 0.5) is 8.78 Å². The molecule has 0 fully saturated rings. The van der Waals surface area contributed by atoms with Gasteiger partial charge in [-0.15, -0.1) is 0 Å². The molecule has 88 valence electrons. The first-order valence-corrected chi connectivity index (χ1v) is 4.64. The van der Waals surface area contributed by atoms with Gasteiger partial charge in [-0.25, -0.2) is 13.6 Å². The number of carboxylic acids is 1. The lowest BCUT2D eigenvalue weighted by Gasteiger charge is -2.03. The van der Waals surface area contributed by atoms with Crippen molar-refractivity contribution in [2.45, 2.75) is 6.92 Å². The van der Waals surface area contributed by atoms with Crippen LogP contribution in [0.3, 0.4) is 0 Å². The Morgan fingerprint density at radius 2 is 1.94 bits per heavy atom. The number of nitrogens with zero attached hydrogens (tertiary/aromatic N) is 1. The molecule has 0 radical (unpaired) electrons. The van der Waals surface area contributed by atoms with E-state index in [4.69, 9.17) is 5.11 Å². The lowest BCUT2D eigenvalue weighted by molar-refractivity contribution is 0.0697. The number of hydrogen-bond donors (Lipinski definition) is 1. The van der Waals surface area contributed by atoms with Crippen LogP contribution >= 0.6 is 0 Å². The summed E-state index contributed by atoms with van der Waals surface area (Å²) in [5.41, 5.74) is -0.516. The molecule has 0 spiro atoms. The Balaban J connectivity index is 2.69. The van der Waals surface area contributed by atoms with Crippen molar-refractivity contribution >= 4 is 5.97 Å². The largest absolute Gasteiger partial charge is 0.477 e. The molecule has 1 aromatic carbocycles. The van der Waals surface area contributed by atoms with Gasteiger partial charge in [0.05, 0.1) is 11.8 Å². The highest BCUT2D eigenvalue weighted by Crippen LogP contribution is 2.29. The Kier molecular flexibility index (Phi) is 2.63. The molecule has 0 bridgehead atoms. The number of rotatable bonds is 2. The van der Waals surface area contributed by atoms with E-state index in [2.05, 4.69) is 9.68 Å². The van der Waals surface area contributed by atoms with Gasteiger partial charge in [-0.3, -0.25) is 0 Å². The minimum Gasteiger partial charge on any atom is -0.477 e. The number of carbonyl (C=O) groups is 1. The molecule has 0 aliphatic carbocycles. The second-order valence-corrected chi connectivity index (χ2v) is 3.48. The van der Waals surface area contributed by atoms with Crippen LogP contribution in [0.2, 0.25) is 0 Å². The molecule has 0 aliphatic rings. The normalized spacial score (nSPS) is 10.5. The highest BCUT2D eigenvalue weighted by Gasteiger charge is 2.23. The van der Waals surface area contributed by atoms with Crippen LogP contribution in [0.5, 0.6) is 0 Å². The zero-order valence-electron chi connectivity index (χ0n) is 8.70. The summed E-state index contributed by atoms with van der Waals surface area (Å²) in [4.78, 5) is 10.8. The number of aromatic nitrogens is 1. The molecule has 0 saturated heterocycles. The summed E-state index contributed by atoms with van der Waals surface area (Å²) >= 11 is 0. The number of aromatic carboxylic acids is 1. The van der Waals surface area contributed by atoms with Gasteiger partial charge in [-0.2, -0.15) is 0 Å². The van der Waals surface area contributed by atoms with Gasteiger partial charge >= 0.3 is 5.97 Å². The molecule has 2 rings (SSSR count). The molecule has 1 heterocycles. The van der Waals surface area contributed by atoms with Crippen molar-refractivity contribution in [3.63, 3.8) is 0 Å². The molecule has 2 aromatic rings. The highest BCUT2D eigenvalue weighted by molar-refractivity contribution is 5.94. The Bertz CT molecular complexity index is 569. The summed E-state index contributed by atoms with van der Waals surface area (Å²) < 4.78 is 31.8. The molecule has 0 unspecified atom stereocenters. The van der Waals surface area contributed by atoms with E-state index in [0.29, 0.717) is 5.56 Å². The van der Waals surface area contributed by atoms with E-state index < -0.39 is 28.9 Å². The smallest absolute Gasteiger partial charge is 0.341 e. The summed E-state index contributed by atoms with van der Waals surface area (Å²) in [6.45, 7) is 1.52. The second-order valence-electron chi connectivity index (χ2n) is 3.48. The van der Waals surface area contributed by atoms with Crippen LogP contribution in [0.25, 0.3) is 11.3 Å². The molecular weight excluding hydrogens is 232 g/mol. The van der Waals surface area contributed by atoms with E-state index in [9.17, 15) is 13.6 Å². The summed E-state index contributed by atoms with van der Waals surface area (Å²) in [6, 6.07) is 2.18. The first-order chi connectivity index (χ1) is 8.00. The molecule has 0 saturated carbocycles. The van der Waals surface area contributed by atoms with E-state index in [-0.39, 0.29) is 5.56 Å². The zero-order chi connectivity index (χ0) is 12.6. The molecule has 0 atom stereocenters. The lowest BCUT2D eigenvalue weighted by Crippen LogP contribution is -1.99. The maximum atomic E-state index is 13.6. The lowest BCUT2D eigenvalue weighted by atomic mass is 10.1. The van der Waals surface area contributed by atoms with Crippen LogP contribution < -0.4 is 0 Å². The minimum absolute atomic E-state index is 0.383. The predicted octanol–water partition coefficient (Wildman–Crippen LogP) is 2.63. The summed E-state index contributed by atoms with van der Waals surface area (Å²) in [5.74, 6) is -3.56. The Morgan fingerprint density at radius 3 is 2.47 bits per heavy atom. The van der Waals surface area contributed by atoms with Crippen molar-refractivity contribution in [1.82, 2.24) is 5.16 Å². The van der Waals surface area contributed by atoms with Crippen LogP contribution in [-0.2, 0) is 0 Å². The third-order valence-corrected chi connectivity index (χ3v) is 2.21. The van der Waals surface area contributed by atoms with Crippen molar-refractivity contribution in [3.8, 4) is 11.3 Å². The SMILES string of the molecule is Cc1cc(F)c(-c2oncc2C(=O)O)c(F)c1. The number of aryl methyl sites for hydroxylation is 1. The first-order valence-electron chi connectivity index (χ1n) is 4.64. The molecule has 17 heavy (non-hydrogen) atoms. The molecule has 0 amide bonds. The molecule has 0 aliphatic heterocycles. The van der Waals surface area contributed by atoms with Crippen molar-refractivity contribution in [2.75, 3.05) is 0 Å². The average Bonchev–Trinajstić information content (AvgIpc) is 2.64. The van der Waals surface area contributed by atoms with Crippen molar-refractivity contribution in [1.29, 1.82) is 0 Å². The van der Waals surface area contributed by atoms with Gasteiger partial charge in [-0.1, -0.05) is 5.16 Å². The highest BCUT2D eigenvalue weighted by atomic mass is 19.1. The van der Waals surface area contributed by atoms with E-state index in [1.165, 1.54) is 6.92 Å². The number of halogens is 2. The second kappa shape index (κ2) is 3.97. The molecular formula is C11H7F2NO3. The van der Waals surface area contributed by atoms with Crippen LogP contribution in [0, 0.1) is 18.6 Å². The van der Waals surface area contributed by atoms with Crippen LogP contribution in [0.1, 0.15) is 15.9 Å². The Hall–Kier alpha value is -2.24. The van der Waals surface area contributed by atoms with E-state index >= 15 is 0 Å². The monoisotopic (exact) mass is 239 g/mol. The van der Waals surface area contributed by atoms with E-state index in [1.807, 2.05) is 0 Å². The minimum atomic E-state index is -1.36. The van der Waals surface area contributed by atoms with Crippen LogP contribution in [-0.4, -0.2) is 16.2 Å². The molecule has 4 nitrogen and oxygen atoms in total. The van der Waals surface area contributed by atoms with Gasteiger partial charge in [0, 0.05) is 0 Å². The van der Waals surface area contributed by atoms with Gasteiger partial charge in [-0.05, 0) is 24.6 Å². The zero-order valence-corrected chi connectivity index (χ0v) is 8.70. The van der Waals surface area contributed by atoms with Crippen molar-refractivity contribution < 1.29 is 23.2 Å². The maximum absolute atomic E-state index is 13.6. The summed E-state index contributed by atoms with van der Waals surface area (Å²) in [5, 5.41) is 12.0. The quantitative estimate of drug-likeness (QED) is 0.874. The van der Waals surface area contributed by atoms with Gasteiger partial charge in [0.1, 0.15) is 17.2 Å². The third kappa shape index (κ3) is 1.89. The number of benzene rings is 1. The topological polar surface area (TPSA) is 63.3 Å². The fourth-order valence-corrected chi connectivity index (χ4v) is 1.49. The van der Waals surface area contributed by atoms with Gasteiger partial charge in [0.2, 0.25) is 0 Å². The Labute approximate surface area is 94.5 Å². The van der Waals surface area contributed by atoms with Crippen molar-refractivity contribution in [3.05, 3.63) is 41.1 Å². The summed E-state index contributed by atoms with van der Waals surface area (Å²) in [7, 11) is 0. The average molecular weight is 239 g/mol. The molecule has 1 N–H and O–H groups in total. The van der Waals surface area contributed by atoms with E-state index in [0.717, 1.165) is 18.3 Å². The fourth-order valence-electron chi connectivity index (χ4n) is 1.49. The van der Waals surface area contributed by atoms with Crippen molar-refractivity contribution in [2.24, 2.45) is 0 Å².